The lowest BCUT2D eigenvalue weighted by Gasteiger charge is -2.45. The quantitative estimate of drug-likeness (QED) is 0.761. The third-order valence-electron chi connectivity index (χ3n) is 5.70. The summed E-state index contributed by atoms with van der Waals surface area (Å²) in [4.78, 5) is 13.5. The summed E-state index contributed by atoms with van der Waals surface area (Å²) in [7, 11) is -2.40. The standard InChI is InChI=1S/C17H26N4O3S2/c1-13(22)20-26(23)10-6-17(7-11-26)12-21(8-9-24-17)16-19-18-15(25-16)14-4-2-3-5-14/h14H,2-12H2,1H3. The van der Waals surface area contributed by atoms with Crippen molar-refractivity contribution >= 4 is 32.1 Å². The molecule has 0 bridgehead atoms. The molecule has 1 aromatic rings. The molecule has 3 heterocycles. The zero-order valence-corrected chi connectivity index (χ0v) is 16.8. The fraction of sp³-hybridized carbons (Fsp3) is 0.824. The normalized spacial score (nSPS) is 32.9. The summed E-state index contributed by atoms with van der Waals surface area (Å²) in [6.07, 6.45) is 6.40. The number of carbonyl (C=O) groups excluding carboxylic acids is 1. The molecule has 7 nitrogen and oxygen atoms in total. The van der Waals surface area contributed by atoms with Crippen LogP contribution in [0.1, 0.15) is 56.4 Å². The van der Waals surface area contributed by atoms with Gasteiger partial charge in [-0.1, -0.05) is 24.2 Å². The largest absolute Gasteiger partial charge is 0.371 e. The number of hydrogen-bond donors (Lipinski definition) is 0. The first-order valence-corrected chi connectivity index (χ1v) is 12.1. The molecule has 2 saturated heterocycles. The first kappa shape index (κ1) is 18.3. The fourth-order valence-electron chi connectivity index (χ4n) is 4.25. The van der Waals surface area contributed by atoms with Gasteiger partial charge < -0.3 is 9.64 Å². The predicted octanol–water partition coefficient (Wildman–Crippen LogP) is 2.58. The maximum Gasteiger partial charge on any atom is 0.250 e. The van der Waals surface area contributed by atoms with Gasteiger partial charge in [-0.3, -0.25) is 4.79 Å². The van der Waals surface area contributed by atoms with Crippen LogP contribution in [0, 0.1) is 0 Å². The van der Waals surface area contributed by atoms with Gasteiger partial charge in [0.1, 0.15) is 5.01 Å². The molecule has 0 unspecified atom stereocenters. The third kappa shape index (κ3) is 3.80. The van der Waals surface area contributed by atoms with Crippen molar-refractivity contribution in [2.24, 2.45) is 4.36 Å². The van der Waals surface area contributed by atoms with Crippen molar-refractivity contribution in [2.45, 2.75) is 57.0 Å². The van der Waals surface area contributed by atoms with Gasteiger partial charge in [0, 0.05) is 37.4 Å². The lowest BCUT2D eigenvalue weighted by Crippen LogP contribution is -2.55. The highest BCUT2D eigenvalue weighted by atomic mass is 32.2. The van der Waals surface area contributed by atoms with Crippen LogP contribution < -0.4 is 4.90 Å². The average molecular weight is 399 g/mol. The molecule has 1 aromatic heterocycles. The molecule has 144 valence electrons. The Balaban J connectivity index is 1.45. The maximum absolute atomic E-state index is 12.7. The van der Waals surface area contributed by atoms with Crippen LogP contribution in [0.2, 0.25) is 0 Å². The van der Waals surface area contributed by atoms with Gasteiger partial charge in [-0.15, -0.1) is 10.2 Å². The summed E-state index contributed by atoms with van der Waals surface area (Å²) in [5, 5.41) is 11.1. The Morgan fingerprint density at radius 2 is 2.04 bits per heavy atom. The van der Waals surface area contributed by atoms with Gasteiger partial charge in [0.2, 0.25) is 5.13 Å². The van der Waals surface area contributed by atoms with E-state index in [1.807, 2.05) is 0 Å². The van der Waals surface area contributed by atoms with Crippen molar-refractivity contribution in [3.8, 4) is 0 Å². The Bertz CT molecular complexity index is 780. The molecular weight excluding hydrogens is 372 g/mol. The Labute approximate surface area is 158 Å². The zero-order valence-electron chi connectivity index (χ0n) is 15.2. The maximum atomic E-state index is 12.7. The van der Waals surface area contributed by atoms with Gasteiger partial charge in [-0.05, 0) is 25.7 Å². The monoisotopic (exact) mass is 398 g/mol. The molecule has 2 aliphatic heterocycles. The lowest BCUT2D eigenvalue weighted by atomic mass is 9.94. The Morgan fingerprint density at radius 1 is 1.31 bits per heavy atom. The van der Waals surface area contributed by atoms with Gasteiger partial charge in [0.15, 0.2) is 0 Å². The molecule has 4 rings (SSSR count). The van der Waals surface area contributed by atoms with Gasteiger partial charge in [0.25, 0.3) is 5.91 Å². The van der Waals surface area contributed by atoms with E-state index in [2.05, 4.69) is 19.5 Å². The molecule has 3 fully saturated rings. The molecular formula is C17H26N4O3S2. The van der Waals surface area contributed by atoms with Crippen molar-refractivity contribution in [3.63, 3.8) is 0 Å². The summed E-state index contributed by atoms with van der Waals surface area (Å²) in [6.45, 7) is 3.58. The van der Waals surface area contributed by atoms with Crippen LogP contribution in [0.4, 0.5) is 5.13 Å². The van der Waals surface area contributed by atoms with E-state index in [0.717, 1.165) is 18.2 Å². The van der Waals surface area contributed by atoms with Crippen molar-refractivity contribution in [3.05, 3.63) is 5.01 Å². The minimum Gasteiger partial charge on any atom is -0.371 e. The lowest BCUT2D eigenvalue weighted by molar-refractivity contribution is -0.115. The number of carbonyl (C=O) groups is 1. The van der Waals surface area contributed by atoms with Crippen LogP contribution in [-0.4, -0.2) is 57.1 Å². The van der Waals surface area contributed by atoms with E-state index in [-0.39, 0.29) is 11.5 Å². The number of anilines is 1. The Hall–Kier alpha value is -1.06. The van der Waals surface area contributed by atoms with E-state index in [1.54, 1.807) is 11.3 Å². The highest BCUT2D eigenvalue weighted by Gasteiger charge is 2.42. The van der Waals surface area contributed by atoms with Gasteiger partial charge in [0.05, 0.1) is 21.9 Å². The first-order valence-electron chi connectivity index (χ1n) is 9.42. The highest BCUT2D eigenvalue weighted by molar-refractivity contribution is 7.93. The van der Waals surface area contributed by atoms with E-state index in [9.17, 15) is 9.00 Å². The molecule has 0 aromatic carbocycles. The van der Waals surface area contributed by atoms with Crippen LogP contribution in [0.15, 0.2) is 4.36 Å². The molecule has 0 atom stereocenters. The first-order chi connectivity index (χ1) is 12.5. The van der Waals surface area contributed by atoms with Crippen LogP contribution in [-0.2, 0) is 19.3 Å². The second kappa shape index (κ2) is 7.16. The number of amides is 1. The molecule has 0 N–H and O–H groups in total. The second-order valence-electron chi connectivity index (χ2n) is 7.65. The highest BCUT2D eigenvalue weighted by Crippen LogP contribution is 2.39. The van der Waals surface area contributed by atoms with E-state index in [4.69, 9.17) is 4.74 Å². The molecule has 26 heavy (non-hydrogen) atoms. The van der Waals surface area contributed by atoms with Gasteiger partial charge >= 0.3 is 0 Å². The topological polar surface area (TPSA) is 84.8 Å². The zero-order chi connectivity index (χ0) is 18.2. The van der Waals surface area contributed by atoms with E-state index in [1.165, 1.54) is 37.6 Å². The van der Waals surface area contributed by atoms with Gasteiger partial charge in [-0.25, -0.2) is 4.21 Å². The Morgan fingerprint density at radius 3 is 2.73 bits per heavy atom. The van der Waals surface area contributed by atoms with E-state index >= 15 is 0 Å². The minimum atomic E-state index is -2.40. The van der Waals surface area contributed by atoms with Crippen LogP contribution >= 0.6 is 11.3 Å². The number of ether oxygens (including phenoxy) is 1. The molecule has 3 aliphatic rings. The fourth-order valence-corrected chi connectivity index (χ4v) is 7.52. The number of nitrogens with zero attached hydrogens (tertiary/aromatic N) is 4. The molecule has 1 aliphatic carbocycles. The molecule has 9 heteroatoms. The van der Waals surface area contributed by atoms with Crippen LogP contribution in [0.5, 0.6) is 0 Å². The summed E-state index contributed by atoms with van der Waals surface area (Å²) in [5.74, 6) is 1.11. The summed E-state index contributed by atoms with van der Waals surface area (Å²) < 4.78 is 22.7. The summed E-state index contributed by atoms with van der Waals surface area (Å²) >= 11 is 1.72. The average Bonchev–Trinajstić information content (AvgIpc) is 3.28. The molecule has 1 spiro atoms. The second-order valence-corrected chi connectivity index (χ2v) is 11.2. The minimum absolute atomic E-state index is 0.301. The number of aromatic nitrogens is 2. The van der Waals surface area contributed by atoms with Gasteiger partial charge in [-0.2, -0.15) is 4.36 Å². The molecule has 1 saturated carbocycles. The van der Waals surface area contributed by atoms with Crippen LogP contribution in [0.25, 0.3) is 0 Å². The number of morpholine rings is 1. The summed E-state index contributed by atoms with van der Waals surface area (Å²) in [5.41, 5.74) is -0.301. The van der Waals surface area contributed by atoms with E-state index < -0.39 is 9.73 Å². The predicted molar refractivity (Wildman–Crippen MR) is 102 cm³/mol. The van der Waals surface area contributed by atoms with E-state index in [0.29, 0.717) is 36.9 Å². The molecule has 1 amide bonds. The van der Waals surface area contributed by atoms with Crippen molar-refractivity contribution in [1.82, 2.24) is 10.2 Å². The summed E-state index contributed by atoms with van der Waals surface area (Å²) in [6, 6.07) is 0. The van der Waals surface area contributed by atoms with Crippen molar-refractivity contribution < 1.29 is 13.7 Å². The smallest absolute Gasteiger partial charge is 0.250 e. The number of hydrogen-bond acceptors (Lipinski definition) is 7. The molecule has 0 radical (unpaired) electrons. The SMILES string of the molecule is CC(=O)N=S1(=O)CCC2(CC1)CN(c1nnc(C3CCCC3)s1)CCO2. The van der Waals surface area contributed by atoms with Crippen molar-refractivity contribution in [1.29, 1.82) is 0 Å². The third-order valence-corrected chi connectivity index (χ3v) is 9.12. The van der Waals surface area contributed by atoms with Crippen LogP contribution in [0.3, 0.4) is 0 Å². The number of rotatable bonds is 2. The van der Waals surface area contributed by atoms with Crippen molar-refractivity contribution in [2.75, 3.05) is 36.1 Å². The Kier molecular flexibility index (Phi) is 5.04.